The molecule has 2 aromatic rings. The summed E-state index contributed by atoms with van der Waals surface area (Å²) in [6.07, 6.45) is 2.54. The fourth-order valence-electron chi connectivity index (χ4n) is 1.94. The Morgan fingerprint density at radius 2 is 2.20 bits per heavy atom. The Morgan fingerprint density at radius 3 is 3.00 bits per heavy atom. The first-order chi connectivity index (χ1) is 9.79. The summed E-state index contributed by atoms with van der Waals surface area (Å²) in [5, 5.41) is 8.13. The first-order valence-electron chi connectivity index (χ1n) is 6.79. The van der Waals surface area contributed by atoms with E-state index >= 15 is 0 Å². The number of ether oxygens (including phenoxy) is 1. The molecule has 0 radical (unpaired) electrons. The Bertz CT molecular complexity index is 567. The summed E-state index contributed by atoms with van der Waals surface area (Å²) >= 11 is 5.92. The predicted molar refractivity (Wildman–Crippen MR) is 76.3 cm³/mol. The summed E-state index contributed by atoms with van der Waals surface area (Å²) in [5.74, 6) is 0.750. The first kappa shape index (κ1) is 13.6. The molecule has 106 valence electrons. The second-order valence-corrected chi connectivity index (χ2v) is 5.50. The lowest BCUT2D eigenvalue weighted by molar-refractivity contribution is 0.0883. The highest BCUT2D eigenvalue weighted by Gasteiger charge is 2.20. The van der Waals surface area contributed by atoms with Crippen LogP contribution in [0.5, 0.6) is 0 Å². The topological polar surface area (TPSA) is 47.3 Å². The van der Waals surface area contributed by atoms with Crippen LogP contribution in [0.3, 0.4) is 0 Å². The van der Waals surface area contributed by atoms with E-state index in [1.165, 1.54) is 12.8 Å². The van der Waals surface area contributed by atoms with E-state index in [-0.39, 0.29) is 0 Å². The second-order valence-electron chi connectivity index (χ2n) is 5.06. The Morgan fingerprint density at radius 1 is 1.30 bits per heavy atom. The van der Waals surface area contributed by atoms with Crippen molar-refractivity contribution in [2.45, 2.75) is 38.6 Å². The molecule has 0 saturated heterocycles. The minimum Gasteiger partial charge on any atom is -0.369 e. The molecule has 1 fully saturated rings. The van der Waals surface area contributed by atoms with Gasteiger partial charge >= 0.3 is 0 Å². The van der Waals surface area contributed by atoms with Gasteiger partial charge in [0.1, 0.15) is 6.61 Å². The van der Waals surface area contributed by atoms with Crippen LogP contribution in [0.1, 0.15) is 29.9 Å². The van der Waals surface area contributed by atoms with Gasteiger partial charge in [-0.15, -0.1) is 0 Å². The van der Waals surface area contributed by atoms with Crippen LogP contribution in [-0.2, 0) is 24.5 Å². The van der Waals surface area contributed by atoms with Gasteiger partial charge in [0.05, 0.1) is 12.3 Å². The van der Waals surface area contributed by atoms with E-state index in [0.29, 0.717) is 19.3 Å². The molecule has 1 heterocycles. The van der Waals surface area contributed by atoms with Gasteiger partial charge in [-0.05, 0) is 30.5 Å². The molecular weight excluding hydrogens is 276 g/mol. The third kappa shape index (κ3) is 4.07. The lowest BCUT2D eigenvalue weighted by atomic mass is 10.2. The highest BCUT2D eigenvalue weighted by Crippen LogP contribution is 2.19. The predicted octanol–water partition coefficient (Wildman–Crippen LogP) is 3.30. The molecule has 0 spiro atoms. The van der Waals surface area contributed by atoms with E-state index in [0.717, 1.165) is 28.6 Å². The summed E-state index contributed by atoms with van der Waals surface area (Å²) in [4.78, 5) is 0. The van der Waals surface area contributed by atoms with Gasteiger partial charge in [0.25, 0.3) is 0 Å². The Kier molecular flexibility index (Phi) is 4.35. The number of halogens is 1. The van der Waals surface area contributed by atoms with E-state index in [2.05, 4.69) is 10.5 Å². The number of hydrogen-bond donors (Lipinski definition) is 1. The van der Waals surface area contributed by atoms with Gasteiger partial charge in [-0.1, -0.05) is 28.9 Å². The number of hydrogen-bond acceptors (Lipinski definition) is 4. The van der Waals surface area contributed by atoms with Crippen molar-refractivity contribution in [3.8, 4) is 0 Å². The highest BCUT2D eigenvalue weighted by molar-refractivity contribution is 6.30. The van der Waals surface area contributed by atoms with Gasteiger partial charge in [-0.2, -0.15) is 0 Å². The van der Waals surface area contributed by atoms with Gasteiger partial charge < -0.3 is 14.6 Å². The zero-order chi connectivity index (χ0) is 13.8. The Labute approximate surface area is 123 Å². The molecule has 1 saturated carbocycles. The standard InChI is InChI=1S/C15H17ClN2O2/c16-12-3-1-2-11(6-12)9-19-10-15-7-14(18-20-15)8-17-13-4-5-13/h1-3,6-7,13,17H,4-5,8-10H2. The van der Waals surface area contributed by atoms with Crippen LogP contribution in [0, 0.1) is 0 Å². The molecule has 5 heteroatoms. The van der Waals surface area contributed by atoms with Crippen LogP contribution in [0.4, 0.5) is 0 Å². The minimum absolute atomic E-state index is 0.420. The van der Waals surface area contributed by atoms with Crippen LogP contribution in [-0.4, -0.2) is 11.2 Å². The van der Waals surface area contributed by atoms with Gasteiger partial charge in [0.2, 0.25) is 0 Å². The number of nitrogens with one attached hydrogen (secondary N) is 1. The summed E-state index contributed by atoms with van der Waals surface area (Å²) in [6.45, 7) is 1.70. The molecule has 1 aromatic heterocycles. The third-order valence-electron chi connectivity index (χ3n) is 3.16. The molecule has 0 unspecified atom stereocenters. The van der Waals surface area contributed by atoms with Crippen molar-refractivity contribution in [2.24, 2.45) is 0 Å². The number of nitrogens with zero attached hydrogens (tertiary/aromatic N) is 1. The van der Waals surface area contributed by atoms with Gasteiger partial charge in [-0.25, -0.2) is 0 Å². The van der Waals surface area contributed by atoms with Crippen LogP contribution >= 0.6 is 11.6 Å². The summed E-state index contributed by atoms with van der Waals surface area (Å²) in [7, 11) is 0. The van der Waals surface area contributed by atoms with Crippen molar-refractivity contribution < 1.29 is 9.26 Å². The van der Waals surface area contributed by atoms with Crippen molar-refractivity contribution in [2.75, 3.05) is 0 Å². The quantitative estimate of drug-likeness (QED) is 0.850. The molecule has 4 nitrogen and oxygen atoms in total. The minimum atomic E-state index is 0.420. The maximum absolute atomic E-state index is 5.92. The van der Waals surface area contributed by atoms with Crippen LogP contribution in [0.15, 0.2) is 34.9 Å². The molecule has 1 aliphatic rings. The molecule has 0 aliphatic heterocycles. The van der Waals surface area contributed by atoms with Gasteiger partial charge in [0.15, 0.2) is 5.76 Å². The van der Waals surface area contributed by atoms with Crippen molar-refractivity contribution >= 4 is 11.6 Å². The summed E-state index contributed by atoms with van der Waals surface area (Å²) < 4.78 is 10.8. The fourth-order valence-corrected chi connectivity index (χ4v) is 2.15. The maximum atomic E-state index is 5.92. The van der Waals surface area contributed by atoms with E-state index in [1.807, 2.05) is 30.3 Å². The molecule has 3 rings (SSSR count). The molecule has 20 heavy (non-hydrogen) atoms. The number of aromatic nitrogens is 1. The molecule has 1 aliphatic carbocycles. The zero-order valence-electron chi connectivity index (χ0n) is 11.1. The molecule has 0 amide bonds. The molecule has 1 aromatic carbocycles. The zero-order valence-corrected chi connectivity index (χ0v) is 11.9. The Hall–Kier alpha value is -1.36. The first-order valence-corrected chi connectivity index (χ1v) is 7.17. The molecular formula is C15H17ClN2O2. The number of rotatable bonds is 7. The number of benzene rings is 1. The second kappa shape index (κ2) is 6.39. The van der Waals surface area contributed by atoms with Crippen molar-refractivity contribution in [3.63, 3.8) is 0 Å². The lowest BCUT2D eigenvalue weighted by Crippen LogP contribution is -2.15. The van der Waals surface area contributed by atoms with E-state index < -0.39 is 0 Å². The third-order valence-corrected chi connectivity index (χ3v) is 3.39. The van der Waals surface area contributed by atoms with Crippen LogP contribution < -0.4 is 5.32 Å². The summed E-state index contributed by atoms with van der Waals surface area (Å²) in [5.41, 5.74) is 1.98. The smallest absolute Gasteiger partial charge is 0.162 e. The van der Waals surface area contributed by atoms with Crippen molar-refractivity contribution in [1.82, 2.24) is 10.5 Å². The van der Waals surface area contributed by atoms with Crippen LogP contribution in [0.25, 0.3) is 0 Å². The monoisotopic (exact) mass is 292 g/mol. The van der Waals surface area contributed by atoms with Gasteiger partial charge in [0, 0.05) is 23.7 Å². The normalized spacial score (nSPS) is 14.7. The molecule has 0 atom stereocenters. The highest BCUT2D eigenvalue weighted by atomic mass is 35.5. The molecule has 0 bridgehead atoms. The SMILES string of the molecule is Clc1cccc(COCc2cc(CNC3CC3)no2)c1. The van der Waals surface area contributed by atoms with Gasteiger partial charge in [-0.3, -0.25) is 0 Å². The average Bonchev–Trinajstić information content (AvgIpc) is 3.16. The largest absolute Gasteiger partial charge is 0.369 e. The van der Waals surface area contributed by atoms with Crippen molar-refractivity contribution in [1.29, 1.82) is 0 Å². The molecule has 1 N–H and O–H groups in total. The van der Waals surface area contributed by atoms with Crippen LogP contribution in [0.2, 0.25) is 5.02 Å². The maximum Gasteiger partial charge on any atom is 0.162 e. The van der Waals surface area contributed by atoms with Crippen molar-refractivity contribution in [3.05, 3.63) is 52.4 Å². The van der Waals surface area contributed by atoms with E-state index in [1.54, 1.807) is 0 Å². The van der Waals surface area contributed by atoms with E-state index in [9.17, 15) is 0 Å². The lowest BCUT2D eigenvalue weighted by Gasteiger charge is -2.02. The van der Waals surface area contributed by atoms with E-state index in [4.69, 9.17) is 20.9 Å². The summed E-state index contributed by atoms with van der Waals surface area (Å²) in [6, 6.07) is 10.3. The Balaban J connectivity index is 1.43. The fraction of sp³-hybridized carbons (Fsp3) is 0.400. The average molecular weight is 293 g/mol.